The third-order valence-corrected chi connectivity index (χ3v) is 5.30. The topological polar surface area (TPSA) is 102 Å². The maximum absolute atomic E-state index is 12.5. The zero-order chi connectivity index (χ0) is 18.1. The molecule has 8 heteroatoms. The van der Waals surface area contributed by atoms with Crippen LogP contribution in [0.15, 0.2) is 23.1 Å². The van der Waals surface area contributed by atoms with Crippen LogP contribution in [0.4, 0.5) is 0 Å². The van der Waals surface area contributed by atoms with Crippen LogP contribution in [-0.2, 0) is 19.6 Å². The van der Waals surface area contributed by atoms with E-state index in [4.69, 9.17) is 0 Å². The maximum atomic E-state index is 12.5. The highest BCUT2D eigenvalue weighted by Crippen LogP contribution is 2.23. The largest absolute Gasteiger partial charge is 0.467 e. The molecule has 1 aromatic carbocycles. The molecule has 0 unspecified atom stereocenters. The van der Waals surface area contributed by atoms with Gasteiger partial charge in [-0.15, -0.1) is 0 Å². The molecule has 24 heavy (non-hydrogen) atoms. The second-order valence-electron chi connectivity index (χ2n) is 6.44. The highest BCUT2D eigenvalue weighted by atomic mass is 32.2. The van der Waals surface area contributed by atoms with Crippen molar-refractivity contribution < 1.29 is 22.7 Å². The SMILES string of the molecule is COC(=O)C(C)(C)NC(=O)c1cc(S(=O)(=O)NC2CC2)ccc1C. The Hall–Kier alpha value is -1.93. The summed E-state index contributed by atoms with van der Waals surface area (Å²) >= 11 is 0. The number of aryl methyl sites for hydroxylation is 1. The molecule has 0 bridgehead atoms. The zero-order valence-electron chi connectivity index (χ0n) is 14.2. The van der Waals surface area contributed by atoms with Gasteiger partial charge in [0.15, 0.2) is 0 Å². The number of benzene rings is 1. The molecule has 0 radical (unpaired) electrons. The van der Waals surface area contributed by atoms with E-state index in [9.17, 15) is 18.0 Å². The van der Waals surface area contributed by atoms with Gasteiger partial charge in [0.05, 0.1) is 12.0 Å². The van der Waals surface area contributed by atoms with E-state index < -0.39 is 27.4 Å². The van der Waals surface area contributed by atoms with Crippen LogP contribution >= 0.6 is 0 Å². The molecule has 1 aliphatic carbocycles. The van der Waals surface area contributed by atoms with Crippen molar-refractivity contribution in [3.63, 3.8) is 0 Å². The summed E-state index contributed by atoms with van der Waals surface area (Å²) in [7, 11) is -2.42. The van der Waals surface area contributed by atoms with E-state index in [0.717, 1.165) is 12.8 Å². The van der Waals surface area contributed by atoms with Gasteiger partial charge in [-0.25, -0.2) is 17.9 Å². The molecule has 132 valence electrons. The monoisotopic (exact) mass is 354 g/mol. The van der Waals surface area contributed by atoms with Gasteiger partial charge < -0.3 is 10.1 Å². The van der Waals surface area contributed by atoms with E-state index in [-0.39, 0.29) is 16.5 Å². The zero-order valence-corrected chi connectivity index (χ0v) is 15.0. The first kappa shape index (κ1) is 18.4. The lowest BCUT2D eigenvalue weighted by Crippen LogP contribution is -2.50. The number of carbonyl (C=O) groups is 2. The molecule has 0 saturated heterocycles. The Morgan fingerprint density at radius 1 is 1.25 bits per heavy atom. The molecule has 1 fully saturated rings. The summed E-state index contributed by atoms with van der Waals surface area (Å²) in [6, 6.07) is 4.33. The predicted octanol–water partition coefficient (Wildman–Crippen LogP) is 1.12. The van der Waals surface area contributed by atoms with Crippen molar-refractivity contribution in [1.29, 1.82) is 0 Å². The minimum Gasteiger partial charge on any atom is -0.467 e. The van der Waals surface area contributed by atoms with E-state index in [0.29, 0.717) is 5.56 Å². The first-order valence-corrected chi connectivity index (χ1v) is 9.09. The molecule has 0 aromatic heterocycles. The van der Waals surface area contributed by atoms with Crippen LogP contribution in [-0.4, -0.2) is 39.0 Å². The van der Waals surface area contributed by atoms with E-state index in [2.05, 4.69) is 14.8 Å². The molecule has 7 nitrogen and oxygen atoms in total. The summed E-state index contributed by atoms with van der Waals surface area (Å²) < 4.78 is 31.8. The van der Waals surface area contributed by atoms with Crippen molar-refractivity contribution in [2.24, 2.45) is 0 Å². The minimum atomic E-state index is -3.66. The maximum Gasteiger partial charge on any atom is 0.330 e. The molecule has 1 amide bonds. The molecule has 2 N–H and O–H groups in total. The minimum absolute atomic E-state index is 0.0214. The average molecular weight is 354 g/mol. The number of methoxy groups -OCH3 is 1. The fraction of sp³-hybridized carbons (Fsp3) is 0.500. The third kappa shape index (κ3) is 4.12. The first-order chi connectivity index (χ1) is 11.1. The first-order valence-electron chi connectivity index (χ1n) is 7.61. The molecule has 0 aliphatic heterocycles. The molecular formula is C16H22N2O5S. The van der Waals surface area contributed by atoms with Crippen LogP contribution in [0.5, 0.6) is 0 Å². The van der Waals surface area contributed by atoms with Crippen LogP contribution in [0.2, 0.25) is 0 Å². The van der Waals surface area contributed by atoms with Crippen LogP contribution < -0.4 is 10.0 Å². The van der Waals surface area contributed by atoms with Crippen LogP contribution in [0.1, 0.15) is 42.6 Å². The number of hydrogen-bond donors (Lipinski definition) is 2. The molecule has 1 aromatic rings. The molecule has 1 aliphatic rings. The van der Waals surface area contributed by atoms with Crippen molar-refractivity contribution in [3.8, 4) is 0 Å². The van der Waals surface area contributed by atoms with Gasteiger partial charge in [-0.05, 0) is 51.3 Å². The number of ether oxygens (including phenoxy) is 1. The number of esters is 1. The number of sulfonamides is 1. The van der Waals surface area contributed by atoms with Gasteiger partial charge in [0.25, 0.3) is 5.91 Å². The Kier molecular flexibility index (Phi) is 5.00. The summed E-state index contributed by atoms with van der Waals surface area (Å²) in [5.74, 6) is -1.13. The van der Waals surface area contributed by atoms with Gasteiger partial charge in [0.1, 0.15) is 5.54 Å². The third-order valence-electron chi connectivity index (χ3n) is 3.78. The number of rotatable bonds is 6. The molecular weight excluding hydrogens is 332 g/mol. The summed E-state index contributed by atoms with van der Waals surface area (Å²) in [5, 5.41) is 2.57. The van der Waals surface area contributed by atoms with E-state index >= 15 is 0 Å². The number of hydrogen-bond acceptors (Lipinski definition) is 5. The van der Waals surface area contributed by atoms with Gasteiger partial charge in [-0.2, -0.15) is 0 Å². The lowest BCUT2D eigenvalue weighted by molar-refractivity contribution is -0.146. The molecule has 0 heterocycles. The Balaban J connectivity index is 2.28. The van der Waals surface area contributed by atoms with E-state index in [1.807, 2.05) is 0 Å². The lowest BCUT2D eigenvalue weighted by Gasteiger charge is -2.23. The summed E-state index contributed by atoms with van der Waals surface area (Å²) in [6.07, 6.45) is 1.65. The highest BCUT2D eigenvalue weighted by molar-refractivity contribution is 7.89. The smallest absolute Gasteiger partial charge is 0.330 e. The second-order valence-corrected chi connectivity index (χ2v) is 8.16. The highest BCUT2D eigenvalue weighted by Gasteiger charge is 2.32. The van der Waals surface area contributed by atoms with Crippen molar-refractivity contribution in [2.75, 3.05) is 7.11 Å². The van der Waals surface area contributed by atoms with Crippen molar-refractivity contribution in [1.82, 2.24) is 10.0 Å². The van der Waals surface area contributed by atoms with Gasteiger partial charge in [-0.3, -0.25) is 4.79 Å². The van der Waals surface area contributed by atoms with Gasteiger partial charge in [0.2, 0.25) is 10.0 Å². The van der Waals surface area contributed by atoms with Crippen LogP contribution in [0.3, 0.4) is 0 Å². The fourth-order valence-corrected chi connectivity index (χ4v) is 3.49. The van der Waals surface area contributed by atoms with Crippen LogP contribution in [0.25, 0.3) is 0 Å². The lowest BCUT2D eigenvalue weighted by atomic mass is 10.0. The summed E-state index contributed by atoms with van der Waals surface area (Å²) in [6.45, 7) is 4.73. The van der Waals surface area contributed by atoms with E-state index in [1.165, 1.54) is 33.1 Å². The van der Waals surface area contributed by atoms with Crippen molar-refractivity contribution >= 4 is 21.9 Å². The Morgan fingerprint density at radius 3 is 2.42 bits per heavy atom. The molecule has 1 saturated carbocycles. The molecule has 2 rings (SSSR count). The second kappa shape index (κ2) is 6.52. The number of carbonyl (C=O) groups excluding carboxylic acids is 2. The Labute approximate surface area is 141 Å². The quantitative estimate of drug-likeness (QED) is 0.746. The Bertz CT molecular complexity index is 767. The predicted molar refractivity (Wildman–Crippen MR) is 88.1 cm³/mol. The number of amides is 1. The molecule has 0 atom stereocenters. The molecule has 0 spiro atoms. The fourth-order valence-electron chi connectivity index (χ4n) is 2.16. The van der Waals surface area contributed by atoms with Gasteiger partial charge >= 0.3 is 5.97 Å². The average Bonchev–Trinajstić information content (AvgIpc) is 3.29. The standard InChI is InChI=1S/C16H22N2O5S/c1-10-5-8-12(24(21,22)18-11-6-7-11)9-13(10)14(19)17-16(2,3)15(20)23-4/h5,8-9,11,18H,6-7H2,1-4H3,(H,17,19). The Morgan fingerprint density at radius 2 is 1.88 bits per heavy atom. The van der Waals surface area contributed by atoms with Gasteiger partial charge in [0, 0.05) is 11.6 Å². The van der Waals surface area contributed by atoms with Crippen molar-refractivity contribution in [3.05, 3.63) is 29.3 Å². The van der Waals surface area contributed by atoms with Crippen molar-refractivity contribution in [2.45, 2.75) is 50.1 Å². The number of nitrogens with one attached hydrogen (secondary N) is 2. The van der Waals surface area contributed by atoms with E-state index in [1.54, 1.807) is 13.0 Å². The summed E-state index contributed by atoms with van der Waals surface area (Å²) in [5.41, 5.74) is -0.413. The van der Waals surface area contributed by atoms with Crippen LogP contribution in [0, 0.1) is 6.92 Å². The van der Waals surface area contributed by atoms with Gasteiger partial charge in [-0.1, -0.05) is 6.07 Å². The summed E-state index contributed by atoms with van der Waals surface area (Å²) in [4.78, 5) is 24.2. The normalized spacial score (nSPS) is 15.0.